The van der Waals surface area contributed by atoms with E-state index in [-0.39, 0.29) is 6.04 Å². The lowest BCUT2D eigenvalue weighted by atomic mass is 10.0. The summed E-state index contributed by atoms with van der Waals surface area (Å²) >= 11 is 0. The molecule has 26 heavy (non-hydrogen) atoms. The van der Waals surface area contributed by atoms with Gasteiger partial charge < -0.3 is 21.9 Å². The van der Waals surface area contributed by atoms with Gasteiger partial charge in [-0.2, -0.15) is 0 Å². The highest BCUT2D eigenvalue weighted by Gasteiger charge is 2.11. The molecule has 5 heteroatoms. The van der Waals surface area contributed by atoms with Crippen LogP contribution in [0.5, 0.6) is 0 Å². The molecule has 0 fully saturated rings. The van der Waals surface area contributed by atoms with Crippen LogP contribution in [0.3, 0.4) is 0 Å². The maximum Gasteiger partial charge on any atom is 0.136 e. The largest absolute Gasteiger partial charge is 0.369 e. The second kappa shape index (κ2) is 9.25. The number of nitrogens with two attached hydrogens (primary N) is 1. The molecule has 2 aromatic rings. The predicted octanol–water partition coefficient (Wildman–Crippen LogP) is 4.44. The zero-order valence-corrected chi connectivity index (χ0v) is 15.9. The van der Waals surface area contributed by atoms with Crippen molar-refractivity contribution in [1.82, 2.24) is 4.98 Å². The summed E-state index contributed by atoms with van der Waals surface area (Å²) in [5.74, 6) is 0.697. The van der Waals surface area contributed by atoms with E-state index in [0.717, 1.165) is 34.9 Å². The molecule has 2 rings (SSSR count). The number of benzene rings is 1. The summed E-state index contributed by atoms with van der Waals surface area (Å²) in [6.45, 7) is 6.77. The molecule has 0 radical (unpaired) electrons. The SMILES string of the molecule is CCC(=N)/C=C\C(=N)c1cc2cc(C)ccc2nc1NCCC(N)CC. The van der Waals surface area contributed by atoms with Gasteiger partial charge in [0.15, 0.2) is 0 Å². The Morgan fingerprint density at radius 2 is 2.00 bits per heavy atom. The zero-order valence-electron chi connectivity index (χ0n) is 15.9. The molecule has 5 N–H and O–H groups in total. The van der Waals surface area contributed by atoms with Crippen molar-refractivity contribution >= 4 is 28.1 Å². The van der Waals surface area contributed by atoms with Crippen molar-refractivity contribution in [3.63, 3.8) is 0 Å². The number of hydrogen-bond donors (Lipinski definition) is 4. The van der Waals surface area contributed by atoms with Crippen LogP contribution in [-0.2, 0) is 0 Å². The molecule has 0 saturated carbocycles. The fourth-order valence-electron chi connectivity index (χ4n) is 2.61. The first-order chi connectivity index (χ1) is 12.4. The van der Waals surface area contributed by atoms with Gasteiger partial charge in [-0.15, -0.1) is 0 Å². The van der Waals surface area contributed by atoms with Gasteiger partial charge in [-0.05, 0) is 56.5 Å². The molecule has 0 saturated heterocycles. The molecule has 0 bridgehead atoms. The van der Waals surface area contributed by atoms with Gasteiger partial charge in [-0.3, -0.25) is 0 Å². The van der Waals surface area contributed by atoms with Crippen molar-refractivity contribution in [2.24, 2.45) is 5.73 Å². The average molecular weight is 351 g/mol. The number of aryl methyl sites for hydroxylation is 1. The van der Waals surface area contributed by atoms with E-state index in [1.165, 1.54) is 0 Å². The Hall–Kier alpha value is -2.53. The van der Waals surface area contributed by atoms with Crippen LogP contribution in [0.4, 0.5) is 5.82 Å². The van der Waals surface area contributed by atoms with Crippen LogP contribution in [-0.4, -0.2) is 29.0 Å². The predicted molar refractivity (Wildman–Crippen MR) is 112 cm³/mol. The lowest BCUT2D eigenvalue weighted by Crippen LogP contribution is -2.22. The van der Waals surface area contributed by atoms with Gasteiger partial charge in [0.25, 0.3) is 0 Å². The van der Waals surface area contributed by atoms with Crippen molar-refractivity contribution in [3.8, 4) is 0 Å². The topological polar surface area (TPSA) is 98.6 Å². The number of anilines is 1. The number of nitrogens with zero attached hydrogens (tertiary/aromatic N) is 1. The van der Waals surface area contributed by atoms with Gasteiger partial charge >= 0.3 is 0 Å². The first-order valence-electron chi connectivity index (χ1n) is 9.19. The summed E-state index contributed by atoms with van der Waals surface area (Å²) in [6.07, 6.45) is 5.80. The third-order valence-electron chi connectivity index (χ3n) is 4.42. The van der Waals surface area contributed by atoms with E-state index in [0.29, 0.717) is 30.2 Å². The van der Waals surface area contributed by atoms with Gasteiger partial charge in [0.1, 0.15) is 5.82 Å². The van der Waals surface area contributed by atoms with Gasteiger partial charge in [-0.1, -0.05) is 25.5 Å². The molecule has 1 atom stereocenters. The third-order valence-corrected chi connectivity index (χ3v) is 4.42. The highest BCUT2D eigenvalue weighted by Crippen LogP contribution is 2.22. The number of allylic oxidation sites excluding steroid dienone is 2. The first-order valence-corrected chi connectivity index (χ1v) is 9.19. The van der Waals surface area contributed by atoms with Crippen LogP contribution in [0.1, 0.15) is 44.2 Å². The lowest BCUT2D eigenvalue weighted by Gasteiger charge is -2.14. The van der Waals surface area contributed by atoms with Crippen molar-refractivity contribution < 1.29 is 0 Å². The Morgan fingerprint density at radius 3 is 2.69 bits per heavy atom. The second-order valence-electron chi connectivity index (χ2n) is 6.59. The van der Waals surface area contributed by atoms with Crippen molar-refractivity contribution in [1.29, 1.82) is 10.8 Å². The molecular weight excluding hydrogens is 322 g/mol. The molecule has 0 aliphatic rings. The summed E-state index contributed by atoms with van der Waals surface area (Å²) in [5, 5.41) is 20.6. The van der Waals surface area contributed by atoms with E-state index in [2.05, 4.69) is 18.3 Å². The summed E-state index contributed by atoms with van der Waals surface area (Å²) in [4.78, 5) is 4.73. The molecule has 1 aromatic heterocycles. The molecule has 0 aliphatic heterocycles. The van der Waals surface area contributed by atoms with Crippen molar-refractivity contribution in [3.05, 3.63) is 47.5 Å². The standard InChI is InChI=1S/C21H29N5/c1-4-16(22)7-8-19(24)18-13-15-12-14(3)6-9-20(15)26-21(18)25-11-10-17(23)5-2/h6-9,12-13,17,22,24H,4-5,10-11,23H2,1-3H3,(H,25,26)/b8-7-,22-16?,24-19?. The molecule has 1 unspecified atom stereocenters. The maximum atomic E-state index is 8.44. The number of nitrogens with one attached hydrogen (secondary N) is 3. The summed E-state index contributed by atoms with van der Waals surface area (Å²) in [7, 11) is 0. The average Bonchev–Trinajstić information content (AvgIpc) is 2.64. The van der Waals surface area contributed by atoms with E-state index < -0.39 is 0 Å². The molecule has 0 amide bonds. The highest BCUT2D eigenvalue weighted by atomic mass is 15.0. The summed E-state index contributed by atoms with van der Waals surface area (Å²) < 4.78 is 0. The van der Waals surface area contributed by atoms with Crippen LogP contribution >= 0.6 is 0 Å². The van der Waals surface area contributed by atoms with Crippen molar-refractivity contribution in [2.75, 3.05) is 11.9 Å². The molecule has 0 spiro atoms. The van der Waals surface area contributed by atoms with Crippen LogP contribution in [0.15, 0.2) is 36.4 Å². The zero-order chi connectivity index (χ0) is 19.1. The van der Waals surface area contributed by atoms with Crippen LogP contribution < -0.4 is 11.1 Å². The fourth-order valence-corrected chi connectivity index (χ4v) is 2.61. The van der Waals surface area contributed by atoms with E-state index in [9.17, 15) is 0 Å². The number of hydrogen-bond acceptors (Lipinski definition) is 5. The van der Waals surface area contributed by atoms with Crippen molar-refractivity contribution in [2.45, 2.75) is 46.1 Å². The summed E-state index contributed by atoms with van der Waals surface area (Å²) in [6, 6.07) is 8.29. The van der Waals surface area contributed by atoms with Gasteiger partial charge in [0, 0.05) is 29.2 Å². The smallest absolute Gasteiger partial charge is 0.136 e. The minimum absolute atomic E-state index is 0.165. The third kappa shape index (κ3) is 5.23. The quantitative estimate of drug-likeness (QED) is 0.503. The van der Waals surface area contributed by atoms with Crippen LogP contribution in [0, 0.1) is 17.7 Å². The van der Waals surface area contributed by atoms with E-state index in [1.54, 1.807) is 12.2 Å². The van der Waals surface area contributed by atoms with Crippen LogP contribution in [0.25, 0.3) is 10.9 Å². The summed E-state index contributed by atoms with van der Waals surface area (Å²) in [5.41, 5.74) is 9.66. The maximum absolute atomic E-state index is 8.44. The first kappa shape index (κ1) is 19.8. The molecular formula is C21H29N5. The number of aromatic nitrogens is 1. The van der Waals surface area contributed by atoms with Gasteiger partial charge in [0.05, 0.1) is 11.2 Å². The molecule has 5 nitrogen and oxygen atoms in total. The lowest BCUT2D eigenvalue weighted by molar-refractivity contribution is 0.613. The minimum Gasteiger partial charge on any atom is -0.369 e. The minimum atomic E-state index is 0.165. The highest BCUT2D eigenvalue weighted by molar-refractivity contribution is 6.13. The molecule has 1 aromatic carbocycles. The monoisotopic (exact) mass is 351 g/mol. The number of pyridine rings is 1. The Kier molecular flexibility index (Phi) is 7.04. The Bertz CT molecular complexity index is 823. The fraction of sp³-hybridized carbons (Fsp3) is 0.381. The van der Waals surface area contributed by atoms with E-state index >= 15 is 0 Å². The number of rotatable bonds is 9. The van der Waals surface area contributed by atoms with Crippen LogP contribution in [0.2, 0.25) is 0 Å². The van der Waals surface area contributed by atoms with E-state index in [1.807, 2.05) is 32.0 Å². The van der Waals surface area contributed by atoms with E-state index in [4.69, 9.17) is 21.5 Å². The van der Waals surface area contributed by atoms with Gasteiger partial charge in [0.2, 0.25) is 0 Å². The second-order valence-corrected chi connectivity index (χ2v) is 6.59. The number of fused-ring (bicyclic) bond motifs is 1. The normalized spacial score (nSPS) is 12.5. The molecule has 0 aliphatic carbocycles. The Labute approximate surface area is 155 Å². The molecule has 138 valence electrons. The molecule has 1 heterocycles. The Balaban J connectivity index is 2.36. The Morgan fingerprint density at radius 1 is 1.23 bits per heavy atom. The van der Waals surface area contributed by atoms with Gasteiger partial charge in [-0.25, -0.2) is 4.98 Å².